The van der Waals surface area contributed by atoms with Crippen molar-refractivity contribution in [1.29, 1.82) is 0 Å². The fraction of sp³-hybridized carbons (Fsp3) is 0.286. The minimum Gasteiger partial charge on any atom is -0.359 e. The van der Waals surface area contributed by atoms with Crippen LogP contribution in [0, 0.1) is 0 Å². The van der Waals surface area contributed by atoms with Gasteiger partial charge in [0.05, 0.1) is 5.54 Å². The number of hydrogen-bond donors (Lipinski definition) is 1. The number of halogens is 1. The zero-order valence-corrected chi connectivity index (χ0v) is 12.5. The SMILES string of the molecule is CSc1cc(NC(C)(CCl)c2ccccc2)ncn1. The Balaban J connectivity index is 2.27. The Morgan fingerprint density at radius 1 is 1.26 bits per heavy atom. The summed E-state index contributed by atoms with van der Waals surface area (Å²) in [6, 6.07) is 12.1. The van der Waals surface area contributed by atoms with E-state index in [0.717, 1.165) is 16.4 Å². The Kier molecular flexibility index (Phi) is 4.66. The van der Waals surface area contributed by atoms with Gasteiger partial charge in [0.25, 0.3) is 0 Å². The first-order valence-electron chi connectivity index (χ1n) is 5.93. The van der Waals surface area contributed by atoms with Gasteiger partial charge in [-0.15, -0.1) is 23.4 Å². The van der Waals surface area contributed by atoms with Gasteiger partial charge in [0, 0.05) is 11.9 Å². The highest BCUT2D eigenvalue weighted by atomic mass is 35.5. The van der Waals surface area contributed by atoms with E-state index in [1.165, 1.54) is 0 Å². The number of nitrogens with one attached hydrogen (secondary N) is 1. The average molecular weight is 294 g/mol. The molecule has 1 N–H and O–H groups in total. The molecule has 2 rings (SSSR count). The van der Waals surface area contributed by atoms with E-state index >= 15 is 0 Å². The molecule has 5 heteroatoms. The molecule has 0 saturated carbocycles. The van der Waals surface area contributed by atoms with Gasteiger partial charge < -0.3 is 5.32 Å². The molecule has 2 aromatic rings. The topological polar surface area (TPSA) is 37.8 Å². The van der Waals surface area contributed by atoms with E-state index in [4.69, 9.17) is 11.6 Å². The van der Waals surface area contributed by atoms with Crippen LogP contribution in [0.4, 0.5) is 5.82 Å². The van der Waals surface area contributed by atoms with Crippen LogP contribution in [0.15, 0.2) is 47.8 Å². The molecule has 0 bridgehead atoms. The molecular formula is C14H16ClN3S. The maximum Gasteiger partial charge on any atom is 0.131 e. The Labute approximate surface area is 122 Å². The Morgan fingerprint density at radius 3 is 2.63 bits per heavy atom. The molecule has 1 aromatic carbocycles. The summed E-state index contributed by atoms with van der Waals surface area (Å²) in [5, 5.41) is 4.33. The molecule has 0 radical (unpaired) electrons. The number of hydrogen-bond acceptors (Lipinski definition) is 4. The minimum absolute atomic E-state index is 0.354. The van der Waals surface area contributed by atoms with Gasteiger partial charge in [-0.05, 0) is 18.7 Å². The first-order valence-corrected chi connectivity index (χ1v) is 7.69. The molecule has 1 aromatic heterocycles. The third kappa shape index (κ3) is 3.39. The average Bonchev–Trinajstić information content (AvgIpc) is 2.48. The van der Waals surface area contributed by atoms with Gasteiger partial charge >= 0.3 is 0 Å². The molecule has 0 aliphatic carbocycles. The second-order valence-electron chi connectivity index (χ2n) is 4.40. The van der Waals surface area contributed by atoms with E-state index < -0.39 is 0 Å². The zero-order chi connectivity index (χ0) is 13.7. The second-order valence-corrected chi connectivity index (χ2v) is 5.50. The number of aromatic nitrogens is 2. The van der Waals surface area contributed by atoms with Crippen molar-refractivity contribution in [3.05, 3.63) is 48.3 Å². The fourth-order valence-corrected chi connectivity index (χ4v) is 2.39. The van der Waals surface area contributed by atoms with Crippen molar-refractivity contribution in [2.75, 3.05) is 17.5 Å². The summed E-state index contributed by atoms with van der Waals surface area (Å²) in [5.74, 6) is 1.24. The monoisotopic (exact) mass is 293 g/mol. The van der Waals surface area contributed by atoms with Crippen LogP contribution in [0.25, 0.3) is 0 Å². The van der Waals surface area contributed by atoms with Crippen molar-refractivity contribution < 1.29 is 0 Å². The van der Waals surface area contributed by atoms with E-state index in [-0.39, 0.29) is 5.54 Å². The van der Waals surface area contributed by atoms with Crippen LogP contribution < -0.4 is 5.32 Å². The first kappa shape index (κ1) is 14.2. The quantitative estimate of drug-likeness (QED) is 0.517. The molecule has 19 heavy (non-hydrogen) atoms. The van der Waals surface area contributed by atoms with E-state index in [0.29, 0.717) is 5.88 Å². The molecule has 1 atom stereocenters. The predicted octanol–water partition coefficient (Wildman–Crippen LogP) is 3.76. The van der Waals surface area contributed by atoms with Gasteiger partial charge in [-0.3, -0.25) is 0 Å². The number of rotatable bonds is 5. The predicted molar refractivity (Wildman–Crippen MR) is 81.9 cm³/mol. The van der Waals surface area contributed by atoms with Crippen molar-refractivity contribution >= 4 is 29.2 Å². The third-order valence-corrected chi connectivity index (χ3v) is 4.11. The maximum atomic E-state index is 6.16. The maximum absolute atomic E-state index is 6.16. The van der Waals surface area contributed by atoms with E-state index in [9.17, 15) is 0 Å². The van der Waals surface area contributed by atoms with Gasteiger partial charge in [0.1, 0.15) is 17.2 Å². The van der Waals surface area contributed by atoms with E-state index in [2.05, 4.69) is 34.3 Å². The molecular weight excluding hydrogens is 278 g/mol. The summed E-state index contributed by atoms with van der Waals surface area (Å²) < 4.78 is 0. The lowest BCUT2D eigenvalue weighted by molar-refractivity contribution is 0.612. The molecule has 3 nitrogen and oxygen atoms in total. The van der Waals surface area contributed by atoms with E-state index in [1.54, 1.807) is 18.1 Å². The van der Waals surface area contributed by atoms with Crippen molar-refractivity contribution in [2.45, 2.75) is 17.5 Å². The van der Waals surface area contributed by atoms with Crippen molar-refractivity contribution in [2.24, 2.45) is 0 Å². The Hall–Kier alpha value is -1.26. The number of thioether (sulfide) groups is 1. The summed E-state index contributed by atoms with van der Waals surface area (Å²) in [7, 11) is 0. The highest BCUT2D eigenvalue weighted by Gasteiger charge is 2.25. The lowest BCUT2D eigenvalue weighted by Gasteiger charge is -2.29. The molecule has 0 aliphatic rings. The summed E-state index contributed by atoms with van der Waals surface area (Å²) >= 11 is 7.74. The molecule has 0 saturated heterocycles. The summed E-state index contributed by atoms with van der Waals surface area (Å²) in [6.45, 7) is 2.07. The molecule has 1 heterocycles. The summed E-state index contributed by atoms with van der Waals surface area (Å²) in [5.41, 5.74) is 0.779. The Bertz CT molecular complexity index is 535. The van der Waals surface area contributed by atoms with Crippen LogP contribution in [0.5, 0.6) is 0 Å². The van der Waals surface area contributed by atoms with Gasteiger partial charge in [0.15, 0.2) is 0 Å². The smallest absolute Gasteiger partial charge is 0.131 e. The molecule has 0 fully saturated rings. The highest BCUT2D eigenvalue weighted by Crippen LogP contribution is 2.27. The zero-order valence-electron chi connectivity index (χ0n) is 10.9. The van der Waals surface area contributed by atoms with Gasteiger partial charge in [-0.2, -0.15) is 0 Å². The number of alkyl halides is 1. The largest absolute Gasteiger partial charge is 0.359 e. The summed E-state index contributed by atoms with van der Waals surface area (Å²) in [6.07, 6.45) is 3.55. The van der Waals surface area contributed by atoms with Crippen LogP contribution >= 0.6 is 23.4 Å². The molecule has 100 valence electrons. The van der Waals surface area contributed by atoms with Crippen LogP contribution in [0.2, 0.25) is 0 Å². The standard InChI is InChI=1S/C14H16ClN3S/c1-14(9-15,11-6-4-3-5-7-11)18-12-8-13(19-2)17-10-16-12/h3-8,10H,9H2,1-2H3,(H,16,17,18). The van der Waals surface area contributed by atoms with Gasteiger partial charge in [-0.1, -0.05) is 30.3 Å². The van der Waals surface area contributed by atoms with Crippen molar-refractivity contribution in [1.82, 2.24) is 9.97 Å². The molecule has 1 unspecified atom stereocenters. The first-order chi connectivity index (χ1) is 9.18. The molecule has 0 spiro atoms. The fourth-order valence-electron chi connectivity index (χ4n) is 1.79. The van der Waals surface area contributed by atoms with Crippen LogP contribution in [-0.2, 0) is 5.54 Å². The van der Waals surface area contributed by atoms with Crippen molar-refractivity contribution in [3.63, 3.8) is 0 Å². The highest BCUT2D eigenvalue weighted by molar-refractivity contribution is 7.98. The van der Waals surface area contributed by atoms with Gasteiger partial charge in [0.2, 0.25) is 0 Å². The minimum atomic E-state index is -0.354. The van der Waals surface area contributed by atoms with E-state index in [1.807, 2.05) is 30.5 Å². The second kappa shape index (κ2) is 6.26. The van der Waals surface area contributed by atoms with Crippen LogP contribution in [-0.4, -0.2) is 22.1 Å². The lowest BCUT2D eigenvalue weighted by atomic mass is 9.94. The summed E-state index contributed by atoms with van der Waals surface area (Å²) in [4.78, 5) is 8.42. The van der Waals surface area contributed by atoms with Crippen LogP contribution in [0.1, 0.15) is 12.5 Å². The molecule has 0 amide bonds. The number of benzene rings is 1. The number of anilines is 1. The normalized spacial score (nSPS) is 13.8. The van der Waals surface area contributed by atoms with Crippen molar-refractivity contribution in [3.8, 4) is 0 Å². The molecule has 0 aliphatic heterocycles. The Morgan fingerprint density at radius 2 is 2.00 bits per heavy atom. The third-order valence-electron chi connectivity index (χ3n) is 2.93. The number of nitrogens with zero attached hydrogens (tertiary/aromatic N) is 2. The lowest BCUT2D eigenvalue weighted by Crippen LogP contribution is -2.34. The van der Waals surface area contributed by atoms with Gasteiger partial charge in [-0.25, -0.2) is 9.97 Å². The van der Waals surface area contributed by atoms with Crippen LogP contribution in [0.3, 0.4) is 0 Å².